The van der Waals surface area contributed by atoms with Gasteiger partial charge in [0.05, 0.1) is 17.2 Å². The average molecular weight is 297 g/mol. The number of nitrogens with zero attached hydrogens (tertiary/aromatic N) is 1. The molecule has 1 aromatic heterocycles. The third kappa shape index (κ3) is 2.26. The van der Waals surface area contributed by atoms with Crippen LogP contribution in [0.15, 0.2) is 22.7 Å². The van der Waals surface area contributed by atoms with E-state index in [2.05, 4.69) is 5.16 Å². The van der Waals surface area contributed by atoms with Gasteiger partial charge in [-0.25, -0.2) is 0 Å². The molecule has 6 nitrogen and oxygen atoms in total. The molecule has 0 amide bonds. The minimum atomic E-state index is -1.20. The summed E-state index contributed by atoms with van der Waals surface area (Å²) in [4.78, 5) is 0. The molecule has 1 fully saturated rings. The number of aryl methyl sites for hydroxylation is 1. The van der Waals surface area contributed by atoms with Crippen molar-refractivity contribution in [3.05, 3.63) is 23.9 Å². The molecule has 0 spiro atoms. The normalized spacial score (nSPS) is 30.6. The second-order valence-corrected chi connectivity index (χ2v) is 5.90. The van der Waals surface area contributed by atoms with Crippen LogP contribution >= 0.6 is 11.8 Å². The van der Waals surface area contributed by atoms with Gasteiger partial charge >= 0.3 is 0 Å². The molecule has 108 valence electrons. The van der Waals surface area contributed by atoms with Crippen LogP contribution in [-0.4, -0.2) is 50.0 Å². The van der Waals surface area contributed by atoms with E-state index in [4.69, 9.17) is 9.26 Å². The lowest BCUT2D eigenvalue weighted by Gasteiger charge is -2.34. The molecule has 0 aliphatic carbocycles. The Morgan fingerprint density at radius 3 is 2.90 bits per heavy atom. The van der Waals surface area contributed by atoms with Crippen LogP contribution in [0.5, 0.6) is 5.75 Å². The molecule has 3 N–H and O–H groups in total. The molecular formula is C13H15NO5S. The topological polar surface area (TPSA) is 96.0 Å². The minimum Gasteiger partial charge on any atom is -0.476 e. The van der Waals surface area contributed by atoms with Crippen molar-refractivity contribution in [3.63, 3.8) is 0 Å². The maximum absolute atomic E-state index is 9.97. The van der Waals surface area contributed by atoms with E-state index in [0.29, 0.717) is 22.8 Å². The number of aliphatic hydroxyl groups excluding tert-OH is 3. The summed E-state index contributed by atoms with van der Waals surface area (Å²) in [5.74, 6) is 0.850. The second kappa shape index (κ2) is 5.25. The fraction of sp³-hybridized carbons (Fsp3) is 0.462. The van der Waals surface area contributed by atoms with E-state index in [0.717, 1.165) is 5.39 Å². The first-order valence-corrected chi connectivity index (χ1v) is 7.30. The van der Waals surface area contributed by atoms with Crippen LogP contribution in [0.1, 0.15) is 5.69 Å². The Hall–Kier alpha value is -1.28. The molecule has 1 saturated heterocycles. The molecule has 1 aliphatic rings. The predicted molar refractivity (Wildman–Crippen MR) is 73.6 cm³/mol. The molecule has 3 rings (SSSR count). The maximum Gasteiger partial charge on any atom is 0.173 e. The summed E-state index contributed by atoms with van der Waals surface area (Å²) in [6.07, 6.45) is -3.30. The van der Waals surface area contributed by atoms with E-state index in [-0.39, 0.29) is 0 Å². The third-order valence-corrected chi connectivity index (χ3v) is 4.57. The molecule has 7 heteroatoms. The largest absolute Gasteiger partial charge is 0.476 e. The van der Waals surface area contributed by atoms with Crippen molar-refractivity contribution in [2.75, 3.05) is 5.75 Å². The number of rotatable bonds is 2. The van der Waals surface area contributed by atoms with Crippen molar-refractivity contribution in [2.24, 2.45) is 0 Å². The Morgan fingerprint density at radius 2 is 2.10 bits per heavy atom. The second-order valence-electron chi connectivity index (χ2n) is 4.77. The Bertz CT molecular complexity index is 616. The third-order valence-electron chi connectivity index (χ3n) is 3.33. The summed E-state index contributed by atoms with van der Waals surface area (Å²) in [6.45, 7) is 1.81. The highest BCUT2D eigenvalue weighted by atomic mass is 32.2. The van der Waals surface area contributed by atoms with Gasteiger partial charge in [0.25, 0.3) is 0 Å². The van der Waals surface area contributed by atoms with Gasteiger partial charge in [0.15, 0.2) is 11.0 Å². The Labute approximate surface area is 119 Å². The van der Waals surface area contributed by atoms with Gasteiger partial charge in [0.1, 0.15) is 18.0 Å². The van der Waals surface area contributed by atoms with E-state index in [1.807, 2.05) is 6.92 Å². The Morgan fingerprint density at radius 1 is 1.30 bits per heavy atom. The van der Waals surface area contributed by atoms with Gasteiger partial charge in [-0.05, 0) is 19.1 Å². The van der Waals surface area contributed by atoms with Gasteiger partial charge in [-0.2, -0.15) is 0 Å². The lowest BCUT2D eigenvalue weighted by Crippen LogP contribution is -2.50. The van der Waals surface area contributed by atoms with Crippen LogP contribution in [0.2, 0.25) is 0 Å². The van der Waals surface area contributed by atoms with E-state index in [1.54, 1.807) is 18.2 Å². The number of ether oxygens (including phenoxy) is 1. The van der Waals surface area contributed by atoms with Crippen LogP contribution in [-0.2, 0) is 0 Å². The number of thioether (sulfide) groups is 1. The monoisotopic (exact) mass is 297 g/mol. The highest BCUT2D eigenvalue weighted by Gasteiger charge is 2.38. The van der Waals surface area contributed by atoms with Gasteiger partial charge in [-0.1, -0.05) is 11.2 Å². The molecule has 0 radical (unpaired) electrons. The van der Waals surface area contributed by atoms with Crippen molar-refractivity contribution in [2.45, 2.75) is 30.7 Å². The molecule has 0 bridgehead atoms. The molecule has 2 heterocycles. The fourth-order valence-corrected chi connectivity index (χ4v) is 3.33. The summed E-state index contributed by atoms with van der Waals surface area (Å²) in [7, 11) is 0. The number of hydrogen-bond donors (Lipinski definition) is 3. The molecule has 0 saturated carbocycles. The average Bonchev–Trinajstić information content (AvgIpc) is 2.82. The van der Waals surface area contributed by atoms with E-state index in [1.165, 1.54) is 11.8 Å². The van der Waals surface area contributed by atoms with Crippen LogP contribution in [0.25, 0.3) is 11.0 Å². The van der Waals surface area contributed by atoms with E-state index in [9.17, 15) is 15.3 Å². The number of benzene rings is 1. The van der Waals surface area contributed by atoms with Gasteiger partial charge in [-0.15, -0.1) is 11.8 Å². The first-order valence-electron chi connectivity index (χ1n) is 6.25. The van der Waals surface area contributed by atoms with Crippen LogP contribution in [0.4, 0.5) is 0 Å². The van der Waals surface area contributed by atoms with Crippen molar-refractivity contribution in [1.29, 1.82) is 0 Å². The van der Waals surface area contributed by atoms with E-state index < -0.39 is 23.7 Å². The van der Waals surface area contributed by atoms with Gasteiger partial charge in [-0.3, -0.25) is 0 Å². The first-order chi connectivity index (χ1) is 9.58. The lowest BCUT2D eigenvalue weighted by molar-refractivity contribution is -0.0784. The van der Waals surface area contributed by atoms with Crippen LogP contribution < -0.4 is 4.74 Å². The fourth-order valence-electron chi connectivity index (χ4n) is 2.21. The highest BCUT2D eigenvalue weighted by molar-refractivity contribution is 7.99. The smallest absolute Gasteiger partial charge is 0.173 e. The quantitative estimate of drug-likeness (QED) is 0.749. The minimum absolute atomic E-state index is 0.307. The lowest BCUT2D eigenvalue weighted by atomic mass is 10.1. The van der Waals surface area contributed by atoms with E-state index >= 15 is 0 Å². The summed E-state index contributed by atoms with van der Waals surface area (Å²) in [5.41, 5.74) is 0.663. The Kier molecular flexibility index (Phi) is 3.59. The number of aliphatic hydroxyl groups is 3. The predicted octanol–water partition coefficient (Wildman–Crippen LogP) is 0.671. The van der Waals surface area contributed by atoms with Gasteiger partial charge in [0, 0.05) is 5.75 Å². The van der Waals surface area contributed by atoms with Gasteiger partial charge in [0.2, 0.25) is 0 Å². The SMILES string of the molecule is Cc1noc2cccc(O[C@@H]3SC[C@@H](O)[C@H](O)[C@H]3O)c12. The zero-order valence-electron chi connectivity index (χ0n) is 10.8. The standard InChI is InChI=1S/C13H15NO5S/c1-6-10-8(3-2-4-9(10)19-14-6)18-13-12(17)11(16)7(15)5-20-13/h2-4,7,11-13,15-17H,5H2,1H3/t7-,11+,12-,13-/m1/s1. The number of aromatic nitrogens is 1. The van der Waals surface area contributed by atoms with Crippen LogP contribution in [0.3, 0.4) is 0 Å². The maximum atomic E-state index is 9.97. The molecule has 0 unspecified atom stereocenters. The molecule has 2 aromatic rings. The zero-order chi connectivity index (χ0) is 14.3. The highest BCUT2D eigenvalue weighted by Crippen LogP contribution is 2.34. The molecule has 1 aromatic carbocycles. The summed E-state index contributed by atoms with van der Waals surface area (Å²) < 4.78 is 10.9. The molecule has 4 atom stereocenters. The molecule has 20 heavy (non-hydrogen) atoms. The first kappa shape index (κ1) is 13.7. The molecule has 1 aliphatic heterocycles. The Balaban J connectivity index is 1.88. The van der Waals surface area contributed by atoms with Crippen molar-refractivity contribution >= 4 is 22.7 Å². The van der Waals surface area contributed by atoms with Crippen LogP contribution in [0, 0.1) is 6.92 Å². The van der Waals surface area contributed by atoms with Crippen molar-refractivity contribution < 1.29 is 24.6 Å². The summed E-state index contributed by atoms with van der Waals surface area (Å²) in [5, 5.41) is 33.8. The zero-order valence-corrected chi connectivity index (χ0v) is 11.6. The van der Waals surface area contributed by atoms with Crippen molar-refractivity contribution in [3.8, 4) is 5.75 Å². The summed E-state index contributed by atoms with van der Waals surface area (Å²) in [6, 6.07) is 5.32. The summed E-state index contributed by atoms with van der Waals surface area (Å²) >= 11 is 1.26. The molecular weight excluding hydrogens is 282 g/mol. The number of hydrogen-bond acceptors (Lipinski definition) is 7. The van der Waals surface area contributed by atoms with Crippen molar-refractivity contribution in [1.82, 2.24) is 5.16 Å². The van der Waals surface area contributed by atoms with Gasteiger partial charge < -0.3 is 24.6 Å². The number of fused-ring (bicyclic) bond motifs is 1.